The Kier molecular flexibility index (Phi) is 4.83. The minimum Gasteiger partial charge on any atom is -0.481 e. The number of para-hydroxylation sites is 1. The van der Waals surface area contributed by atoms with E-state index in [2.05, 4.69) is 16.4 Å². The summed E-state index contributed by atoms with van der Waals surface area (Å²) in [7, 11) is 0. The average Bonchev–Trinajstić information content (AvgIpc) is 3.17. The Morgan fingerprint density at radius 3 is 2.73 bits per heavy atom. The first kappa shape index (κ1) is 18.6. The molecule has 1 heterocycles. The molecule has 152 valence electrons. The molecular formula is C24H23N3O3. The second-order valence-electron chi connectivity index (χ2n) is 7.88. The fourth-order valence-corrected chi connectivity index (χ4v) is 4.31. The van der Waals surface area contributed by atoms with Gasteiger partial charge in [0.05, 0.1) is 11.6 Å². The summed E-state index contributed by atoms with van der Waals surface area (Å²) in [6.45, 7) is 0. The van der Waals surface area contributed by atoms with Gasteiger partial charge in [0.15, 0.2) is 6.17 Å². The number of carboxylic acids is 1. The second-order valence-corrected chi connectivity index (χ2v) is 7.88. The molecule has 0 saturated heterocycles. The SMILES string of the molecule is O=C(O)C1CCC1c1cccc(NC2N=C(Oc3ccccc3)N=C3CCC=C32)c1. The van der Waals surface area contributed by atoms with E-state index in [0.29, 0.717) is 11.8 Å². The molecule has 5 rings (SSSR count). The lowest BCUT2D eigenvalue weighted by Crippen LogP contribution is -2.31. The van der Waals surface area contributed by atoms with Crippen molar-refractivity contribution >= 4 is 23.4 Å². The number of ether oxygens (including phenoxy) is 1. The van der Waals surface area contributed by atoms with Crippen LogP contribution in [0.3, 0.4) is 0 Å². The van der Waals surface area contributed by atoms with E-state index in [-0.39, 0.29) is 18.0 Å². The third kappa shape index (κ3) is 3.61. The number of amidine groups is 1. The molecule has 6 nitrogen and oxygen atoms in total. The molecule has 3 aliphatic rings. The van der Waals surface area contributed by atoms with Crippen molar-refractivity contribution in [3.63, 3.8) is 0 Å². The quantitative estimate of drug-likeness (QED) is 0.766. The molecule has 0 bridgehead atoms. The minimum absolute atomic E-state index is 0.0823. The Morgan fingerprint density at radius 1 is 1.10 bits per heavy atom. The molecule has 3 unspecified atom stereocenters. The molecule has 3 atom stereocenters. The van der Waals surface area contributed by atoms with E-state index in [0.717, 1.165) is 48.2 Å². The smallest absolute Gasteiger partial charge is 0.319 e. The average molecular weight is 401 g/mol. The van der Waals surface area contributed by atoms with E-state index in [1.165, 1.54) is 0 Å². The predicted molar refractivity (Wildman–Crippen MR) is 116 cm³/mol. The highest BCUT2D eigenvalue weighted by Crippen LogP contribution is 2.43. The molecular weight excluding hydrogens is 378 g/mol. The number of benzene rings is 2. The van der Waals surface area contributed by atoms with Gasteiger partial charge in [-0.15, -0.1) is 0 Å². The van der Waals surface area contributed by atoms with Crippen molar-refractivity contribution in [1.82, 2.24) is 0 Å². The van der Waals surface area contributed by atoms with E-state index < -0.39 is 5.97 Å². The third-order valence-electron chi connectivity index (χ3n) is 6.01. The van der Waals surface area contributed by atoms with Crippen LogP contribution < -0.4 is 10.1 Å². The Morgan fingerprint density at radius 2 is 1.97 bits per heavy atom. The maximum absolute atomic E-state index is 11.4. The van der Waals surface area contributed by atoms with Crippen molar-refractivity contribution < 1.29 is 14.6 Å². The van der Waals surface area contributed by atoms with Gasteiger partial charge in [-0.2, -0.15) is 4.99 Å². The van der Waals surface area contributed by atoms with E-state index in [1.54, 1.807) is 0 Å². The minimum atomic E-state index is -0.707. The van der Waals surface area contributed by atoms with Crippen molar-refractivity contribution in [1.29, 1.82) is 0 Å². The van der Waals surface area contributed by atoms with Gasteiger partial charge in [-0.25, -0.2) is 4.99 Å². The largest absolute Gasteiger partial charge is 0.481 e. The molecule has 1 aliphatic heterocycles. The lowest BCUT2D eigenvalue weighted by molar-refractivity contribution is -0.145. The lowest BCUT2D eigenvalue weighted by atomic mass is 9.70. The van der Waals surface area contributed by atoms with Gasteiger partial charge >= 0.3 is 12.0 Å². The van der Waals surface area contributed by atoms with Crippen LogP contribution in [0, 0.1) is 5.92 Å². The number of fused-ring (bicyclic) bond motifs is 1. The number of aliphatic carboxylic acids is 1. The van der Waals surface area contributed by atoms with Crippen LogP contribution in [-0.4, -0.2) is 29.0 Å². The number of hydrogen-bond donors (Lipinski definition) is 2. The zero-order valence-corrected chi connectivity index (χ0v) is 16.5. The molecule has 2 aromatic carbocycles. The van der Waals surface area contributed by atoms with Crippen molar-refractivity contribution in [3.05, 3.63) is 71.8 Å². The first-order valence-corrected chi connectivity index (χ1v) is 10.4. The lowest BCUT2D eigenvalue weighted by Gasteiger charge is -2.34. The molecule has 0 aromatic heterocycles. The summed E-state index contributed by atoms with van der Waals surface area (Å²) >= 11 is 0. The number of allylic oxidation sites excluding steroid dienone is 1. The van der Waals surface area contributed by atoms with E-state index in [1.807, 2.05) is 54.6 Å². The van der Waals surface area contributed by atoms with Gasteiger partial charge in [0, 0.05) is 11.3 Å². The van der Waals surface area contributed by atoms with Crippen molar-refractivity contribution in [2.75, 3.05) is 5.32 Å². The van der Waals surface area contributed by atoms with Crippen LogP contribution in [0.15, 0.2) is 76.2 Å². The molecule has 1 saturated carbocycles. The summed E-state index contributed by atoms with van der Waals surface area (Å²) in [5, 5.41) is 12.9. The van der Waals surface area contributed by atoms with Crippen molar-refractivity contribution in [3.8, 4) is 5.75 Å². The van der Waals surface area contributed by atoms with Gasteiger partial charge in [-0.1, -0.05) is 36.4 Å². The van der Waals surface area contributed by atoms with E-state index in [4.69, 9.17) is 9.73 Å². The summed E-state index contributed by atoms with van der Waals surface area (Å²) in [6.07, 6.45) is 5.40. The van der Waals surface area contributed by atoms with Crippen LogP contribution >= 0.6 is 0 Å². The summed E-state index contributed by atoms with van der Waals surface area (Å²) in [4.78, 5) is 20.7. The van der Waals surface area contributed by atoms with Crippen LogP contribution in [0.5, 0.6) is 5.75 Å². The zero-order chi connectivity index (χ0) is 20.5. The Hall–Kier alpha value is -3.41. The maximum Gasteiger partial charge on any atom is 0.319 e. The molecule has 30 heavy (non-hydrogen) atoms. The van der Waals surface area contributed by atoms with Crippen LogP contribution in [-0.2, 0) is 4.79 Å². The molecule has 2 aliphatic carbocycles. The molecule has 2 aromatic rings. The first-order chi connectivity index (χ1) is 14.7. The van der Waals surface area contributed by atoms with Crippen LogP contribution in [0.25, 0.3) is 0 Å². The summed E-state index contributed by atoms with van der Waals surface area (Å²) in [5.74, 6) is -0.202. The zero-order valence-electron chi connectivity index (χ0n) is 16.5. The Balaban J connectivity index is 1.37. The number of rotatable bonds is 5. The first-order valence-electron chi connectivity index (χ1n) is 10.4. The van der Waals surface area contributed by atoms with Crippen molar-refractivity contribution in [2.24, 2.45) is 15.9 Å². The highest BCUT2D eigenvalue weighted by Gasteiger charge is 2.37. The summed E-state index contributed by atoms with van der Waals surface area (Å²) in [5.41, 5.74) is 4.08. The molecule has 6 heteroatoms. The van der Waals surface area contributed by atoms with Gasteiger partial charge in [0.2, 0.25) is 0 Å². The molecule has 0 spiro atoms. The van der Waals surface area contributed by atoms with Gasteiger partial charge in [-0.3, -0.25) is 4.79 Å². The molecule has 0 radical (unpaired) electrons. The van der Waals surface area contributed by atoms with Gasteiger partial charge in [-0.05, 0) is 61.4 Å². The molecule has 0 amide bonds. The molecule has 1 fully saturated rings. The summed E-state index contributed by atoms with van der Waals surface area (Å²) < 4.78 is 5.89. The highest BCUT2D eigenvalue weighted by atomic mass is 16.5. The maximum atomic E-state index is 11.4. The standard InChI is InChI=1S/C24H23N3O3/c28-23(29)19-13-12-18(19)15-6-4-7-16(14-15)25-22-20-10-5-11-21(20)26-24(27-22)30-17-8-2-1-3-9-17/h1-4,6-10,14,18-19,22,25H,5,11-13H2,(H,28,29). The van der Waals surface area contributed by atoms with Gasteiger partial charge < -0.3 is 15.2 Å². The topological polar surface area (TPSA) is 83.3 Å². The van der Waals surface area contributed by atoms with E-state index >= 15 is 0 Å². The predicted octanol–water partition coefficient (Wildman–Crippen LogP) is 4.61. The van der Waals surface area contributed by atoms with E-state index in [9.17, 15) is 9.90 Å². The van der Waals surface area contributed by atoms with Crippen LogP contribution in [0.2, 0.25) is 0 Å². The number of carbonyl (C=O) groups is 1. The Bertz CT molecular complexity index is 1060. The normalized spacial score (nSPS) is 24.7. The highest BCUT2D eigenvalue weighted by molar-refractivity contribution is 6.10. The molecule has 2 N–H and O–H groups in total. The number of hydrogen-bond acceptors (Lipinski definition) is 5. The summed E-state index contributed by atoms with van der Waals surface area (Å²) in [6, 6.07) is 17.9. The van der Waals surface area contributed by atoms with Gasteiger partial charge in [0.1, 0.15) is 5.75 Å². The Labute approximate surface area is 175 Å². The number of nitrogens with one attached hydrogen (secondary N) is 1. The number of aliphatic imine (C=N–C) groups is 2. The van der Waals surface area contributed by atoms with Crippen LogP contribution in [0.1, 0.15) is 37.2 Å². The number of carboxylic acid groups (broad SMARTS) is 1. The van der Waals surface area contributed by atoms with Crippen molar-refractivity contribution in [2.45, 2.75) is 37.8 Å². The number of anilines is 1. The fraction of sp³-hybridized carbons (Fsp3) is 0.292. The van der Waals surface area contributed by atoms with Gasteiger partial charge in [0.25, 0.3) is 0 Å². The fourth-order valence-electron chi connectivity index (χ4n) is 4.31. The third-order valence-corrected chi connectivity index (χ3v) is 6.01. The monoisotopic (exact) mass is 401 g/mol. The van der Waals surface area contributed by atoms with Crippen LogP contribution in [0.4, 0.5) is 5.69 Å². The number of nitrogens with zero attached hydrogens (tertiary/aromatic N) is 2. The second kappa shape index (κ2) is 7.78.